The summed E-state index contributed by atoms with van der Waals surface area (Å²) < 4.78 is 39.6. The van der Waals surface area contributed by atoms with Crippen LogP contribution in [0.15, 0.2) is 0 Å². The molecule has 0 bridgehead atoms. The standard InChI is InChI=1S/C17H30O6S/c1-16(2,3)22-13-8-7-11-14(15(18)21-5)12(23-24(6,19)20)9-10-17(11,13)4/h11-14H,7-10H2,1-6H3/t11-,12+,13-,14-,17-/m0/s1. The first-order chi connectivity index (χ1) is 10.9. The van der Waals surface area contributed by atoms with Crippen LogP contribution in [0, 0.1) is 17.3 Å². The maximum atomic E-state index is 12.4. The molecule has 2 rings (SSSR count). The second kappa shape index (κ2) is 6.57. The smallest absolute Gasteiger partial charge is 0.311 e. The summed E-state index contributed by atoms with van der Waals surface area (Å²) in [6.07, 6.45) is 3.36. The van der Waals surface area contributed by atoms with Crippen molar-refractivity contribution in [2.24, 2.45) is 17.3 Å². The van der Waals surface area contributed by atoms with Crippen molar-refractivity contribution in [3.8, 4) is 0 Å². The molecule has 0 radical (unpaired) electrons. The Hall–Kier alpha value is -0.660. The molecule has 7 heteroatoms. The van der Waals surface area contributed by atoms with Crippen molar-refractivity contribution in [2.45, 2.75) is 71.2 Å². The normalized spacial score (nSPS) is 37.1. The zero-order chi connectivity index (χ0) is 18.3. The third kappa shape index (κ3) is 4.11. The van der Waals surface area contributed by atoms with Gasteiger partial charge in [0.05, 0.1) is 37.1 Å². The molecule has 0 saturated heterocycles. The van der Waals surface area contributed by atoms with E-state index < -0.39 is 28.1 Å². The van der Waals surface area contributed by atoms with Gasteiger partial charge in [0.2, 0.25) is 0 Å². The molecule has 0 heterocycles. The lowest BCUT2D eigenvalue weighted by Crippen LogP contribution is -2.51. The number of esters is 1. The fraction of sp³-hybridized carbons (Fsp3) is 0.941. The van der Waals surface area contributed by atoms with E-state index in [0.717, 1.165) is 25.5 Å². The van der Waals surface area contributed by atoms with E-state index in [-0.39, 0.29) is 23.0 Å². The quantitative estimate of drug-likeness (QED) is 0.565. The summed E-state index contributed by atoms with van der Waals surface area (Å²) >= 11 is 0. The molecule has 2 saturated carbocycles. The summed E-state index contributed by atoms with van der Waals surface area (Å²) in [6, 6.07) is 0. The maximum Gasteiger partial charge on any atom is 0.311 e. The number of hydrogen-bond acceptors (Lipinski definition) is 6. The minimum Gasteiger partial charge on any atom is -0.469 e. The van der Waals surface area contributed by atoms with Gasteiger partial charge in [-0.1, -0.05) is 6.92 Å². The van der Waals surface area contributed by atoms with Crippen molar-refractivity contribution >= 4 is 16.1 Å². The van der Waals surface area contributed by atoms with Crippen LogP contribution >= 0.6 is 0 Å². The van der Waals surface area contributed by atoms with E-state index in [1.165, 1.54) is 7.11 Å². The number of rotatable bonds is 4. The van der Waals surface area contributed by atoms with Crippen molar-refractivity contribution in [3.63, 3.8) is 0 Å². The molecule has 5 atom stereocenters. The average Bonchev–Trinajstić information content (AvgIpc) is 2.72. The van der Waals surface area contributed by atoms with Gasteiger partial charge in [0.15, 0.2) is 0 Å². The lowest BCUT2D eigenvalue weighted by Gasteiger charge is -2.47. The Bertz CT molecular complexity index is 578. The van der Waals surface area contributed by atoms with Gasteiger partial charge in [-0.3, -0.25) is 8.98 Å². The van der Waals surface area contributed by atoms with E-state index >= 15 is 0 Å². The number of methoxy groups -OCH3 is 1. The second-order valence-electron chi connectivity index (χ2n) is 8.33. The van der Waals surface area contributed by atoms with Crippen molar-refractivity contribution in [3.05, 3.63) is 0 Å². The van der Waals surface area contributed by atoms with Gasteiger partial charge in [0.25, 0.3) is 10.1 Å². The highest BCUT2D eigenvalue weighted by molar-refractivity contribution is 7.86. The number of ether oxygens (including phenoxy) is 2. The van der Waals surface area contributed by atoms with Crippen molar-refractivity contribution in [1.82, 2.24) is 0 Å². The van der Waals surface area contributed by atoms with Crippen LogP contribution < -0.4 is 0 Å². The fourth-order valence-electron chi connectivity index (χ4n) is 4.46. The first-order valence-corrected chi connectivity index (χ1v) is 10.3. The van der Waals surface area contributed by atoms with Crippen molar-refractivity contribution in [1.29, 1.82) is 0 Å². The van der Waals surface area contributed by atoms with Crippen LogP contribution in [0.1, 0.15) is 53.4 Å². The van der Waals surface area contributed by atoms with Gasteiger partial charge in [0.1, 0.15) is 0 Å². The predicted octanol–water partition coefficient (Wildman–Crippen LogP) is 2.51. The molecule has 2 fully saturated rings. The van der Waals surface area contributed by atoms with Crippen LogP contribution in [-0.2, 0) is 28.6 Å². The molecule has 0 spiro atoms. The van der Waals surface area contributed by atoms with Crippen LogP contribution in [-0.4, -0.2) is 45.6 Å². The fourth-order valence-corrected chi connectivity index (χ4v) is 5.13. The van der Waals surface area contributed by atoms with Gasteiger partial charge < -0.3 is 9.47 Å². The highest BCUT2D eigenvalue weighted by atomic mass is 32.2. The summed E-state index contributed by atoms with van der Waals surface area (Å²) in [7, 11) is -2.29. The topological polar surface area (TPSA) is 78.9 Å². The zero-order valence-electron chi connectivity index (χ0n) is 15.5. The third-order valence-electron chi connectivity index (χ3n) is 5.39. The molecule has 0 aromatic rings. The van der Waals surface area contributed by atoms with Gasteiger partial charge in [0, 0.05) is 0 Å². The first-order valence-electron chi connectivity index (χ1n) is 8.51. The molecule has 0 unspecified atom stereocenters. The van der Waals surface area contributed by atoms with E-state index in [1.54, 1.807) is 0 Å². The van der Waals surface area contributed by atoms with E-state index in [2.05, 4.69) is 6.92 Å². The minimum atomic E-state index is -3.63. The molecule has 6 nitrogen and oxygen atoms in total. The molecule has 140 valence electrons. The molecule has 2 aliphatic carbocycles. The summed E-state index contributed by atoms with van der Waals surface area (Å²) in [5.41, 5.74) is -0.438. The molecule has 0 aromatic heterocycles. The largest absolute Gasteiger partial charge is 0.469 e. The van der Waals surface area contributed by atoms with Crippen molar-refractivity contribution in [2.75, 3.05) is 13.4 Å². The van der Waals surface area contributed by atoms with E-state index in [1.807, 2.05) is 20.8 Å². The molecule has 24 heavy (non-hydrogen) atoms. The summed E-state index contributed by atoms with van der Waals surface area (Å²) in [5.74, 6) is -0.967. The Morgan fingerprint density at radius 2 is 1.79 bits per heavy atom. The zero-order valence-corrected chi connectivity index (χ0v) is 16.3. The van der Waals surface area contributed by atoms with Gasteiger partial charge in [-0.05, 0) is 57.8 Å². The summed E-state index contributed by atoms with van der Waals surface area (Å²) in [6.45, 7) is 8.23. The minimum absolute atomic E-state index is 0.00204. The summed E-state index contributed by atoms with van der Waals surface area (Å²) in [5, 5.41) is 0. The van der Waals surface area contributed by atoms with Gasteiger partial charge in [-0.25, -0.2) is 0 Å². The predicted molar refractivity (Wildman–Crippen MR) is 89.9 cm³/mol. The Morgan fingerprint density at radius 1 is 1.17 bits per heavy atom. The van der Waals surface area contributed by atoms with Crippen LogP contribution in [0.25, 0.3) is 0 Å². The average molecular weight is 362 g/mol. The van der Waals surface area contributed by atoms with Crippen LogP contribution in [0.2, 0.25) is 0 Å². The molecule has 0 aromatic carbocycles. The lowest BCUT2D eigenvalue weighted by molar-refractivity contribution is -0.165. The molecule has 0 amide bonds. The second-order valence-corrected chi connectivity index (χ2v) is 9.94. The number of hydrogen-bond donors (Lipinski definition) is 0. The third-order valence-corrected chi connectivity index (χ3v) is 5.99. The SMILES string of the molecule is COC(=O)[C@@H]1[C@H](OS(C)(=O)=O)CC[C@]2(C)[C@@H](OC(C)(C)C)CC[C@@H]12. The van der Waals surface area contributed by atoms with Crippen LogP contribution in [0.5, 0.6) is 0 Å². The Labute approximate surface area is 145 Å². The maximum absolute atomic E-state index is 12.4. The van der Waals surface area contributed by atoms with Crippen LogP contribution in [0.4, 0.5) is 0 Å². The molecular weight excluding hydrogens is 332 g/mol. The molecule has 0 N–H and O–H groups in total. The molecule has 2 aliphatic rings. The highest BCUT2D eigenvalue weighted by Crippen LogP contribution is 2.57. The Kier molecular flexibility index (Phi) is 5.39. The van der Waals surface area contributed by atoms with Gasteiger partial charge in [-0.2, -0.15) is 8.42 Å². The monoisotopic (exact) mass is 362 g/mol. The Balaban J connectivity index is 2.30. The van der Waals surface area contributed by atoms with Gasteiger partial charge >= 0.3 is 5.97 Å². The molecule has 0 aliphatic heterocycles. The number of carbonyl (C=O) groups excluding carboxylic acids is 1. The van der Waals surface area contributed by atoms with E-state index in [0.29, 0.717) is 6.42 Å². The highest BCUT2D eigenvalue weighted by Gasteiger charge is 2.58. The Morgan fingerprint density at radius 3 is 2.29 bits per heavy atom. The lowest BCUT2D eigenvalue weighted by atomic mass is 9.62. The number of fused-ring (bicyclic) bond motifs is 1. The first kappa shape index (κ1) is 19.7. The molecular formula is C17H30O6S. The van der Waals surface area contributed by atoms with Crippen LogP contribution in [0.3, 0.4) is 0 Å². The van der Waals surface area contributed by atoms with Gasteiger partial charge in [-0.15, -0.1) is 0 Å². The van der Waals surface area contributed by atoms with Crippen molar-refractivity contribution < 1.29 is 26.9 Å². The number of carbonyl (C=O) groups is 1. The summed E-state index contributed by atoms with van der Waals surface area (Å²) in [4.78, 5) is 12.4. The van der Waals surface area contributed by atoms with E-state index in [9.17, 15) is 13.2 Å². The van der Waals surface area contributed by atoms with E-state index in [4.69, 9.17) is 13.7 Å².